The van der Waals surface area contributed by atoms with Crippen LogP contribution in [0.25, 0.3) is 11.1 Å². The van der Waals surface area contributed by atoms with Crippen molar-refractivity contribution in [3.05, 3.63) is 74.6 Å². The molecule has 0 unspecified atom stereocenters. The Balaban J connectivity index is 1.81. The van der Waals surface area contributed by atoms with Crippen LogP contribution >= 0.6 is 27.3 Å². The summed E-state index contributed by atoms with van der Waals surface area (Å²) < 4.78 is 14.6. The number of thiophene rings is 1. The van der Waals surface area contributed by atoms with Crippen LogP contribution in [0.3, 0.4) is 0 Å². The van der Waals surface area contributed by atoms with Crippen molar-refractivity contribution in [3.63, 3.8) is 0 Å². The van der Waals surface area contributed by atoms with Gasteiger partial charge in [-0.1, -0.05) is 40.2 Å². The lowest BCUT2D eigenvalue weighted by Crippen LogP contribution is -2.22. The van der Waals surface area contributed by atoms with E-state index >= 15 is 0 Å². The average molecular weight is 402 g/mol. The number of halogens is 2. The first kappa shape index (κ1) is 15.5. The molecule has 2 aromatic carbocycles. The number of fused-ring (bicyclic) bond motifs is 1. The predicted octanol–water partition coefficient (Wildman–Crippen LogP) is 5.79. The van der Waals surface area contributed by atoms with Crippen molar-refractivity contribution in [2.75, 3.05) is 5.32 Å². The number of hydrogen-bond donors (Lipinski definition) is 1. The molecule has 0 fully saturated rings. The van der Waals surface area contributed by atoms with Gasteiger partial charge in [0.15, 0.2) is 0 Å². The molecular weight excluding hydrogens is 389 g/mol. The third kappa shape index (κ3) is 2.78. The number of carbonyl (C=O) groups excluding carboxylic acids is 1. The summed E-state index contributed by atoms with van der Waals surface area (Å²) >= 11 is 5.06. The highest BCUT2D eigenvalue weighted by atomic mass is 79.9. The molecule has 0 saturated heterocycles. The van der Waals surface area contributed by atoms with Crippen LogP contribution in [-0.2, 0) is 4.79 Å². The van der Waals surface area contributed by atoms with Crippen LogP contribution in [0.4, 0.5) is 10.1 Å². The Hall–Kier alpha value is -1.98. The molecule has 2 heterocycles. The Morgan fingerprint density at radius 3 is 2.71 bits per heavy atom. The highest BCUT2D eigenvalue weighted by molar-refractivity contribution is 9.10. The van der Waals surface area contributed by atoms with Gasteiger partial charge < -0.3 is 5.32 Å². The standard InChI is InChI=1S/C19H13BrFNOS/c20-13-6-4-11(5-7-13)15-9-17(23)22-18-16(10-24-19(15)18)12-2-1-3-14(21)8-12/h1-8,10,15H,9H2,(H,22,23)/t15-/m0/s1. The zero-order valence-electron chi connectivity index (χ0n) is 12.6. The summed E-state index contributed by atoms with van der Waals surface area (Å²) in [7, 11) is 0. The van der Waals surface area contributed by atoms with E-state index in [1.807, 2.05) is 35.7 Å². The minimum absolute atomic E-state index is 0.00790. The molecule has 120 valence electrons. The molecule has 1 aliphatic heterocycles. The summed E-state index contributed by atoms with van der Waals surface area (Å²) in [6, 6.07) is 14.5. The summed E-state index contributed by atoms with van der Waals surface area (Å²) in [5.41, 5.74) is 3.59. The summed E-state index contributed by atoms with van der Waals surface area (Å²) in [5, 5.41) is 4.97. The Morgan fingerprint density at radius 1 is 1.17 bits per heavy atom. The topological polar surface area (TPSA) is 29.1 Å². The fraction of sp³-hybridized carbons (Fsp3) is 0.105. The molecule has 24 heavy (non-hydrogen) atoms. The van der Waals surface area contributed by atoms with Crippen LogP contribution in [0.15, 0.2) is 58.4 Å². The molecule has 0 radical (unpaired) electrons. The van der Waals surface area contributed by atoms with Gasteiger partial charge in [-0.2, -0.15) is 0 Å². The second-order valence-corrected chi connectivity index (χ2v) is 7.58. The third-order valence-corrected chi connectivity index (χ3v) is 5.82. The SMILES string of the molecule is O=C1C[C@@H](c2ccc(Br)cc2)c2scc(-c3cccc(F)c3)c2N1. The van der Waals surface area contributed by atoms with Crippen molar-refractivity contribution < 1.29 is 9.18 Å². The molecule has 2 nitrogen and oxygen atoms in total. The Morgan fingerprint density at radius 2 is 1.96 bits per heavy atom. The molecule has 1 amide bonds. The largest absolute Gasteiger partial charge is 0.325 e. The summed E-state index contributed by atoms with van der Waals surface area (Å²) in [5.74, 6) is -0.250. The van der Waals surface area contributed by atoms with E-state index in [1.54, 1.807) is 17.4 Å². The van der Waals surface area contributed by atoms with Gasteiger partial charge in [-0.15, -0.1) is 11.3 Å². The monoisotopic (exact) mass is 401 g/mol. The normalized spacial score (nSPS) is 16.6. The van der Waals surface area contributed by atoms with Crippen LogP contribution in [0.5, 0.6) is 0 Å². The molecule has 1 atom stereocenters. The highest BCUT2D eigenvalue weighted by Crippen LogP contribution is 2.46. The predicted molar refractivity (Wildman–Crippen MR) is 98.9 cm³/mol. The minimum atomic E-state index is -0.279. The van der Waals surface area contributed by atoms with Gasteiger partial charge >= 0.3 is 0 Å². The van der Waals surface area contributed by atoms with Gasteiger partial charge in [0.1, 0.15) is 5.82 Å². The maximum Gasteiger partial charge on any atom is 0.225 e. The van der Waals surface area contributed by atoms with Crippen molar-refractivity contribution in [2.24, 2.45) is 0 Å². The summed E-state index contributed by atoms with van der Waals surface area (Å²) in [6.45, 7) is 0. The van der Waals surface area contributed by atoms with Gasteiger partial charge in [-0.05, 0) is 35.4 Å². The number of carbonyl (C=O) groups is 1. The van der Waals surface area contributed by atoms with Gasteiger partial charge in [0, 0.05) is 32.6 Å². The molecule has 1 aromatic heterocycles. The van der Waals surface area contributed by atoms with Gasteiger partial charge in [0.25, 0.3) is 0 Å². The van der Waals surface area contributed by atoms with E-state index < -0.39 is 0 Å². The molecule has 1 aliphatic rings. The smallest absolute Gasteiger partial charge is 0.225 e. The number of rotatable bonds is 2. The Bertz CT molecular complexity index is 919. The second-order valence-electron chi connectivity index (χ2n) is 5.76. The molecule has 3 aromatic rings. The first-order chi connectivity index (χ1) is 11.6. The lowest BCUT2D eigenvalue weighted by Gasteiger charge is -2.24. The van der Waals surface area contributed by atoms with Crippen molar-refractivity contribution in [2.45, 2.75) is 12.3 Å². The van der Waals surface area contributed by atoms with Crippen molar-refractivity contribution in [1.29, 1.82) is 0 Å². The maximum atomic E-state index is 13.6. The van der Waals surface area contributed by atoms with Crippen LogP contribution in [-0.4, -0.2) is 5.91 Å². The van der Waals surface area contributed by atoms with Crippen LogP contribution < -0.4 is 5.32 Å². The molecule has 5 heteroatoms. The molecule has 0 saturated carbocycles. The molecule has 1 N–H and O–H groups in total. The first-order valence-electron chi connectivity index (χ1n) is 7.54. The van der Waals surface area contributed by atoms with Crippen molar-refractivity contribution in [1.82, 2.24) is 0 Å². The molecule has 0 spiro atoms. The molecule has 0 aliphatic carbocycles. The van der Waals surface area contributed by atoms with Gasteiger partial charge in [0.05, 0.1) is 5.69 Å². The van der Waals surface area contributed by atoms with Crippen LogP contribution in [0, 0.1) is 5.82 Å². The number of benzene rings is 2. The average Bonchev–Trinajstić information content (AvgIpc) is 2.98. The van der Waals surface area contributed by atoms with E-state index in [4.69, 9.17) is 0 Å². The second kappa shape index (κ2) is 6.15. The molecule has 4 rings (SSSR count). The fourth-order valence-corrected chi connectivity index (χ4v) is 4.49. The number of amides is 1. The van der Waals surface area contributed by atoms with E-state index in [-0.39, 0.29) is 17.6 Å². The summed E-state index contributed by atoms with van der Waals surface area (Å²) in [4.78, 5) is 13.4. The number of anilines is 1. The number of hydrogen-bond acceptors (Lipinski definition) is 2. The Kier molecular flexibility index (Phi) is 3.98. The summed E-state index contributed by atoms with van der Waals surface area (Å²) in [6.07, 6.45) is 0.428. The zero-order chi connectivity index (χ0) is 16.7. The van der Waals surface area contributed by atoms with E-state index in [0.29, 0.717) is 6.42 Å². The van der Waals surface area contributed by atoms with Crippen LogP contribution in [0.2, 0.25) is 0 Å². The third-order valence-electron chi connectivity index (χ3n) is 4.20. The molecular formula is C19H13BrFNOS. The van der Waals surface area contributed by atoms with Crippen molar-refractivity contribution >= 4 is 38.9 Å². The lowest BCUT2D eigenvalue weighted by atomic mass is 9.89. The van der Waals surface area contributed by atoms with E-state index in [9.17, 15) is 9.18 Å². The first-order valence-corrected chi connectivity index (χ1v) is 9.22. The highest BCUT2D eigenvalue weighted by Gasteiger charge is 2.30. The quantitative estimate of drug-likeness (QED) is 0.578. The Labute approximate surface area is 151 Å². The van der Waals surface area contributed by atoms with Crippen LogP contribution in [0.1, 0.15) is 22.8 Å². The van der Waals surface area contributed by atoms with Gasteiger partial charge in [-0.25, -0.2) is 4.39 Å². The minimum Gasteiger partial charge on any atom is -0.325 e. The number of nitrogens with one attached hydrogen (secondary N) is 1. The van der Waals surface area contributed by atoms with E-state index in [0.717, 1.165) is 31.7 Å². The van der Waals surface area contributed by atoms with E-state index in [2.05, 4.69) is 21.2 Å². The maximum absolute atomic E-state index is 13.6. The molecule has 0 bridgehead atoms. The lowest BCUT2D eigenvalue weighted by molar-refractivity contribution is -0.116. The van der Waals surface area contributed by atoms with Gasteiger partial charge in [0.2, 0.25) is 5.91 Å². The fourth-order valence-electron chi connectivity index (χ4n) is 3.06. The van der Waals surface area contributed by atoms with E-state index in [1.165, 1.54) is 12.1 Å². The van der Waals surface area contributed by atoms with Gasteiger partial charge in [-0.3, -0.25) is 4.79 Å². The van der Waals surface area contributed by atoms with Crippen molar-refractivity contribution in [3.8, 4) is 11.1 Å². The zero-order valence-corrected chi connectivity index (χ0v) is 15.0.